The molecule has 0 atom stereocenters. The van der Waals surface area contributed by atoms with Crippen molar-refractivity contribution in [2.75, 3.05) is 31.6 Å². The summed E-state index contributed by atoms with van der Waals surface area (Å²) in [6.45, 7) is 2.56. The van der Waals surface area contributed by atoms with Gasteiger partial charge in [-0.1, -0.05) is 0 Å². The standard InChI is InChI=1S/C26H29N5O4/c32-25(19-9-14-34-15-10-19)29-21-16-28-31(18-21)22-5-3-20(4-6-22)26(33)30-12-7-23(8-13-30)35-24-2-1-11-27-17-24/h1-6,11,16-19,23H,7-10,12-15H2,(H,29,32). The Morgan fingerprint density at radius 1 is 1.00 bits per heavy atom. The molecule has 9 nitrogen and oxygen atoms in total. The Morgan fingerprint density at radius 3 is 2.49 bits per heavy atom. The van der Waals surface area contributed by atoms with E-state index >= 15 is 0 Å². The summed E-state index contributed by atoms with van der Waals surface area (Å²) in [7, 11) is 0. The van der Waals surface area contributed by atoms with Crippen molar-refractivity contribution >= 4 is 17.5 Å². The van der Waals surface area contributed by atoms with Crippen LogP contribution in [-0.2, 0) is 9.53 Å². The van der Waals surface area contributed by atoms with Crippen molar-refractivity contribution in [1.29, 1.82) is 0 Å². The number of carbonyl (C=O) groups excluding carboxylic acids is 2. The fraction of sp³-hybridized carbons (Fsp3) is 0.385. The second kappa shape index (κ2) is 10.7. The van der Waals surface area contributed by atoms with Crippen LogP contribution < -0.4 is 10.1 Å². The van der Waals surface area contributed by atoms with Crippen LogP contribution in [0.5, 0.6) is 5.75 Å². The minimum absolute atomic E-state index is 0.00315. The Bertz CT molecular complexity index is 1130. The molecule has 0 aliphatic carbocycles. The van der Waals surface area contributed by atoms with Crippen LogP contribution in [0, 0.1) is 5.92 Å². The molecule has 1 N–H and O–H groups in total. The Kier molecular flexibility index (Phi) is 7.04. The van der Waals surface area contributed by atoms with Crippen LogP contribution in [0.1, 0.15) is 36.0 Å². The highest BCUT2D eigenvalue weighted by atomic mass is 16.5. The molecule has 35 heavy (non-hydrogen) atoms. The zero-order valence-corrected chi connectivity index (χ0v) is 19.5. The molecule has 0 bridgehead atoms. The summed E-state index contributed by atoms with van der Waals surface area (Å²) in [5.41, 5.74) is 2.11. The Hall–Kier alpha value is -3.72. The maximum atomic E-state index is 13.0. The van der Waals surface area contributed by atoms with E-state index in [1.807, 2.05) is 41.3 Å². The fourth-order valence-corrected chi connectivity index (χ4v) is 4.46. The average Bonchev–Trinajstić information content (AvgIpc) is 3.38. The normalized spacial score (nSPS) is 17.2. The van der Waals surface area contributed by atoms with Gasteiger partial charge in [-0.2, -0.15) is 5.10 Å². The van der Waals surface area contributed by atoms with Gasteiger partial charge < -0.3 is 19.7 Å². The lowest BCUT2D eigenvalue weighted by Crippen LogP contribution is -2.41. The molecule has 2 aromatic heterocycles. The number of aromatic nitrogens is 3. The number of hydrogen-bond donors (Lipinski definition) is 1. The van der Waals surface area contributed by atoms with Gasteiger partial charge in [0.1, 0.15) is 11.9 Å². The molecule has 0 unspecified atom stereocenters. The lowest BCUT2D eigenvalue weighted by molar-refractivity contribution is -0.122. The summed E-state index contributed by atoms with van der Waals surface area (Å²) in [5, 5.41) is 7.30. The quantitative estimate of drug-likeness (QED) is 0.587. The minimum atomic E-state index is -0.0237. The van der Waals surface area contributed by atoms with Crippen LogP contribution in [0.25, 0.3) is 5.69 Å². The molecule has 0 radical (unpaired) electrons. The van der Waals surface area contributed by atoms with Crippen molar-refractivity contribution in [3.05, 3.63) is 66.7 Å². The number of piperidine rings is 1. The number of anilines is 1. The second-order valence-corrected chi connectivity index (χ2v) is 8.89. The maximum absolute atomic E-state index is 13.0. The first kappa shape index (κ1) is 23.0. The number of pyridine rings is 1. The molecule has 5 rings (SSSR count). The molecule has 2 aliphatic rings. The zero-order chi connectivity index (χ0) is 24.0. The molecule has 2 fully saturated rings. The molecule has 9 heteroatoms. The average molecular weight is 476 g/mol. The monoisotopic (exact) mass is 475 g/mol. The SMILES string of the molecule is O=C(Nc1cnn(-c2ccc(C(=O)N3CCC(Oc4cccnc4)CC3)cc2)c1)C1CCOCC1. The van der Waals surface area contributed by atoms with Crippen molar-refractivity contribution < 1.29 is 19.1 Å². The van der Waals surface area contributed by atoms with Crippen LogP contribution in [0.15, 0.2) is 61.2 Å². The van der Waals surface area contributed by atoms with E-state index in [1.54, 1.807) is 29.5 Å². The molecule has 3 aromatic rings. The van der Waals surface area contributed by atoms with E-state index in [9.17, 15) is 9.59 Å². The first-order chi connectivity index (χ1) is 17.2. The summed E-state index contributed by atoms with van der Waals surface area (Å²) < 4.78 is 13.0. The van der Waals surface area contributed by atoms with E-state index in [-0.39, 0.29) is 23.8 Å². The van der Waals surface area contributed by atoms with E-state index in [0.717, 1.165) is 37.1 Å². The summed E-state index contributed by atoms with van der Waals surface area (Å²) in [6, 6.07) is 11.1. The molecular weight excluding hydrogens is 446 g/mol. The van der Waals surface area contributed by atoms with E-state index in [2.05, 4.69) is 15.4 Å². The van der Waals surface area contributed by atoms with Gasteiger partial charge in [0.25, 0.3) is 5.91 Å². The lowest BCUT2D eigenvalue weighted by Gasteiger charge is -2.32. The van der Waals surface area contributed by atoms with E-state index < -0.39 is 0 Å². The molecule has 1 aromatic carbocycles. The van der Waals surface area contributed by atoms with Gasteiger partial charge in [0.2, 0.25) is 5.91 Å². The number of hydrogen-bond acceptors (Lipinski definition) is 6. The van der Waals surface area contributed by atoms with Crippen molar-refractivity contribution in [3.8, 4) is 11.4 Å². The van der Waals surface area contributed by atoms with Crippen molar-refractivity contribution in [1.82, 2.24) is 19.7 Å². The predicted octanol–water partition coefficient (Wildman–Crippen LogP) is 3.32. The molecule has 4 heterocycles. The highest BCUT2D eigenvalue weighted by molar-refractivity contribution is 5.94. The van der Waals surface area contributed by atoms with Gasteiger partial charge in [-0.25, -0.2) is 4.68 Å². The van der Waals surface area contributed by atoms with Gasteiger partial charge in [-0.3, -0.25) is 14.6 Å². The highest BCUT2D eigenvalue weighted by Crippen LogP contribution is 2.21. The molecule has 182 valence electrons. The lowest BCUT2D eigenvalue weighted by atomic mass is 9.99. The highest BCUT2D eigenvalue weighted by Gasteiger charge is 2.25. The van der Waals surface area contributed by atoms with Crippen LogP contribution >= 0.6 is 0 Å². The Balaban J connectivity index is 1.14. The number of rotatable bonds is 6. The first-order valence-corrected chi connectivity index (χ1v) is 12.1. The molecule has 0 saturated carbocycles. The number of nitrogens with zero attached hydrogens (tertiary/aromatic N) is 4. The summed E-state index contributed by atoms with van der Waals surface area (Å²) in [6.07, 6.45) is 9.98. The molecule has 0 spiro atoms. The fourth-order valence-electron chi connectivity index (χ4n) is 4.46. The molecule has 2 aliphatic heterocycles. The van der Waals surface area contributed by atoms with Gasteiger partial charge in [-0.15, -0.1) is 0 Å². The van der Waals surface area contributed by atoms with Gasteiger partial charge in [0.15, 0.2) is 0 Å². The van der Waals surface area contributed by atoms with Gasteiger partial charge in [0.05, 0.1) is 30.0 Å². The first-order valence-electron chi connectivity index (χ1n) is 12.1. The molecule has 2 saturated heterocycles. The van der Waals surface area contributed by atoms with Gasteiger partial charge in [0, 0.05) is 56.8 Å². The molecular formula is C26H29N5O4. The predicted molar refractivity (Wildman–Crippen MR) is 130 cm³/mol. The number of nitrogens with one attached hydrogen (secondary N) is 1. The van der Waals surface area contributed by atoms with Gasteiger partial charge >= 0.3 is 0 Å². The van der Waals surface area contributed by atoms with Gasteiger partial charge in [-0.05, 0) is 49.2 Å². The smallest absolute Gasteiger partial charge is 0.253 e. The number of amides is 2. The summed E-state index contributed by atoms with van der Waals surface area (Å²) in [5.74, 6) is 0.756. The third kappa shape index (κ3) is 5.68. The van der Waals surface area contributed by atoms with E-state index in [0.29, 0.717) is 37.6 Å². The van der Waals surface area contributed by atoms with Crippen LogP contribution in [-0.4, -0.2) is 63.9 Å². The number of likely N-dealkylation sites (tertiary alicyclic amines) is 1. The van der Waals surface area contributed by atoms with Crippen LogP contribution in [0.2, 0.25) is 0 Å². The summed E-state index contributed by atoms with van der Waals surface area (Å²) in [4.78, 5) is 31.4. The van der Waals surface area contributed by atoms with E-state index in [1.165, 1.54) is 0 Å². The molecule has 2 amide bonds. The Morgan fingerprint density at radius 2 is 1.77 bits per heavy atom. The third-order valence-corrected chi connectivity index (χ3v) is 6.49. The largest absolute Gasteiger partial charge is 0.489 e. The number of benzene rings is 1. The second-order valence-electron chi connectivity index (χ2n) is 8.89. The minimum Gasteiger partial charge on any atom is -0.489 e. The van der Waals surface area contributed by atoms with Crippen LogP contribution in [0.3, 0.4) is 0 Å². The maximum Gasteiger partial charge on any atom is 0.253 e. The van der Waals surface area contributed by atoms with Crippen molar-refractivity contribution in [3.63, 3.8) is 0 Å². The topological polar surface area (TPSA) is 98.6 Å². The van der Waals surface area contributed by atoms with Crippen LogP contribution in [0.4, 0.5) is 5.69 Å². The number of ether oxygens (including phenoxy) is 2. The third-order valence-electron chi connectivity index (χ3n) is 6.49. The Labute approximate surface area is 204 Å². The number of carbonyl (C=O) groups is 2. The van der Waals surface area contributed by atoms with Crippen molar-refractivity contribution in [2.24, 2.45) is 5.92 Å². The van der Waals surface area contributed by atoms with Crippen molar-refractivity contribution in [2.45, 2.75) is 31.8 Å². The summed E-state index contributed by atoms with van der Waals surface area (Å²) >= 11 is 0. The zero-order valence-electron chi connectivity index (χ0n) is 19.5. The van der Waals surface area contributed by atoms with E-state index in [4.69, 9.17) is 9.47 Å².